The summed E-state index contributed by atoms with van der Waals surface area (Å²) in [5.41, 5.74) is 9.04. The van der Waals surface area contributed by atoms with Crippen molar-refractivity contribution in [3.63, 3.8) is 0 Å². The quantitative estimate of drug-likeness (QED) is 0.762. The maximum atomic E-state index is 5.35. The van der Waals surface area contributed by atoms with Crippen LogP contribution in [0.3, 0.4) is 0 Å². The van der Waals surface area contributed by atoms with E-state index < -0.39 is 0 Å². The van der Waals surface area contributed by atoms with Crippen LogP contribution in [-0.4, -0.2) is 9.78 Å². The number of nitrogens with one attached hydrogen (secondary N) is 1. The molecule has 0 aliphatic carbocycles. The zero-order chi connectivity index (χ0) is 16.3. The fraction of sp³-hybridized carbons (Fsp3) is 0.211. The van der Waals surface area contributed by atoms with Crippen molar-refractivity contribution >= 4 is 0 Å². The van der Waals surface area contributed by atoms with Crippen molar-refractivity contribution in [3.05, 3.63) is 89.7 Å². The molecule has 4 nitrogen and oxygen atoms in total. The van der Waals surface area contributed by atoms with Gasteiger partial charge in [-0.1, -0.05) is 60.7 Å². The molecule has 0 atom stereocenters. The lowest BCUT2D eigenvalue weighted by Crippen LogP contribution is -2.15. The molecule has 0 saturated carbocycles. The van der Waals surface area contributed by atoms with Gasteiger partial charge in [0.15, 0.2) is 0 Å². The third-order valence-corrected chi connectivity index (χ3v) is 3.48. The molecule has 23 heavy (non-hydrogen) atoms. The van der Waals surface area contributed by atoms with Gasteiger partial charge < -0.3 is 11.1 Å². The molecule has 3 N–H and O–H groups in total. The maximum Gasteiger partial charge on any atom is 0.0518 e. The van der Waals surface area contributed by atoms with Crippen LogP contribution in [-0.2, 0) is 26.7 Å². The van der Waals surface area contributed by atoms with Crippen LogP contribution in [0, 0.1) is 0 Å². The monoisotopic (exact) mass is 308 g/mol. The van der Waals surface area contributed by atoms with Crippen molar-refractivity contribution in [1.29, 1.82) is 0 Å². The number of nitrogens with zero attached hydrogens (tertiary/aromatic N) is 2. The topological polar surface area (TPSA) is 55.9 Å². The van der Waals surface area contributed by atoms with Gasteiger partial charge in [0, 0.05) is 32.9 Å². The number of aryl methyl sites for hydroxylation is 1. The van der Waals surface area contributed by atoms with Crippen molar-refractivity contribution < 1.29 is 0 Å². The van der Waals surface area contributed by atoms with Gasteiger partial charge >= 0.3 is 0 Å². The molecule has 120 valence electrons. The van der Waals surface area contributed by atoms with Gasteiger partial charge in [-0.2, -0.15) is 5.10 Å². The van der Waals surface area contributed by atoms with Gasteiger partial charge in [-0.3, -0.25) is 4.68 Å². The van der Waals surface area contributed by atoms with Crippen LogP contribution in [0.2, 0.25) is 0 Å². The van der Waals surface area contributed by atoms with Crippen LogP contribution in [0.15, 0.2) is 72.9 Å². The first kappa shape index (κ1) is 16.9. The molecular weight excluding hydrogens is 284 g/mol. The molecule has 2 aromatic carbocycles. The number of aromatic nitrogens is 2. The van der Waals surface area contributed by atoms with Crippen molar-refractivity contribution in [2.75, 3.05) is 0 Å². The highest BCUT2D eigenvalue weighted by Crippen LogP contribution is 1.99. The largest absolute Gasteiger partial charge is 0.326 e. The Morgan fingerprint density at radius 3 is 1.96 bits per heavy atom. The standard InChI is InChI=1S/C12H15N3.C7H9N/c1-15-12(7-8-14-15)10-13-9-11-5-3-2-4-6-11;8-6-7-4-2-1-3-5-7/h2-8,13H,9-10H2,1H3;1-5H,6,8H2. The summed E-state index contributed by atoms with van der Waals surface area (Å²) in [6.07, 6.45) is 1.82. The Balaban J connectivity index is 0.000000203. The van der Waals surface area contributed by atoms with Crippen LogP contribution < -0.4 is 11.1 Å². The number of nitrogens with two attached hydrogens (primary N) is 1. The zero-order valence-corrected chi connectivity index (χ0v) is 13.5. The third-order valence-electron chi connectivity index (χ3n) is 3.48. The van der Waals surface area contributed by atoms with Gasteiger partial charge in [0.25, 0.3) is 0 Å². The van der Waals surface area contributed by atoms with Gasteiger partial charge in [-0.05, 0) is 17.2 Å². The first-order chi connectivity index (χ1) is 11.3. The molecule has 3 aromatic rings. The second-order valence-electron chi connectivity index (χ2n) is 5.23. The molecule has 0 radical (unpaired) electrons. The van der Waals surface area contributed by atoms with Gasteiger partial charge in [0.2, 0.25) is 0 Å². The van der Waals surface area contributed by atoms with Crippen LogP contribution in [0.1, 0.15) is 16.8 Å². The molecule has 0 unspecified atom stereocenters. The van der Waals surface area contributed by atoms with E-state index in [1.165, 1.54) is 16.8 Å². The summed E-state index contributed by atoms with van der Waals surface area (Å²) < 4.78 is 1.89. The summed E-state index contributed by atoms with van der Waals surface area (Å²) in [7, 11) is 1.96. The first-order valence-electron chi connectivity index (χ1n) is 7.75. The minimum absolute atomic E-state index is 0.640. The van der Waals surface area contributed by atoms with Crippen LogP contribution in [0.4, 0.5) is 0 Å². The van der Waals surface area contributed by atoms with E-state index in [4.69, 9.17) is 5.73 Å². The Bertz CT molecular complexity index is 662. The molecular formula is C19H24N4. The molecule has 1 heterocycles. The molecule has 0 aliphatic heterocycles. The van der Waals surface area contributed by atoms with Gasteiger partial charge in [-0.25, -0.2) is 0 Å². The van der Waals surface area contributed by atoms with Gasteiger partial charge in [0.05, 0.1) is 5.69 Å². The molecule has 0 saturated heterocycles. The number of hydrogen-bond donors (Lipinski definition) is 2. The van der Waals surface area contributed by atoms with Gasteiger partial charge in [-0.15, -0.1) is 0 Å². The average molecular weight is 308 g/mol. The normalized spacial score (nSPS) is 10.0. The summed E-state index contributed by atoms with van der Waals surface area (Å²) >= 11 is 0. The second kappa shape index (κ2) is 9.56. The lowest BCUT2D eigenvalue weighted by Gasteiger charge is -2.04. The zero-order valence-electron chi connectivity index (χ0n) is 13.5. The summed E-state index contributed by atoms with van der Waals surface area (Å²) in [6, 6.07) is 22.4. The van der Waals surface area contributed by atoms with Crippen molar-refractivity contribution in [1.82, 2.24) is 15.1 Å². The second-order valence-corrected chi connectivity index (χ2v) is 5.23. The number of rotatable bonds is 5. The fourth-order valence-electron chi connectivity index (χ4n) is 2.12. The summed E-state index contributed by atoms with van der Waals surface area (Å²) in [5, 5.41) is 7.50. The SMILES string of the molecule is Cn1nccc1CNCc1ccccc1.NCc1ccccc1. The smallest absolute Gasteiger partial charge is 0.0518 e. The third kappa shape index (κ3) is 6.06. The van der Waals surface area contributed by atoms with E-state index in [2.05, 4.69) is 34.7 Å². The van der Waals surface area contributed by atoms with E-state index in [1.54, 1.807) is 0 Å². The number of benzene rings is 2. The maximum absolute atomic E-state index is 5.35. The molecule has 0 bridgehead atoms. The van der Waals surface area contributed by atoms with Crippen molar-refractivity contribution in [2.45, 2.75) is 19.6 Å². The Labute approximate surface area is 138 Å². The Kier molecular flexibility index (Phi) is 7.04. The lowest BCUT2D eigenvalue weighted by molar-refractivity contribution is 0.626. The molecule has 0 aliphatic rings. The highest BCUT2D eigenvalue weighted by atomic mass is 15.3. The highest BCUT2D eigenvalue weighted by Gasteiger charge is 1.97. The fourth-order valence-corrected chi connectivity index (χ4v) is 2.12. The number of hydrogen-bond acceptors (Lipinski definition) is 3. The molecule has 0 spiro atoms. The van der Waals surface area contributed by atoms with Crippen LogP contribution in [0.5, 0.6) is 0 Å². The van der Waals surface area contributed by atoms with Crippen molar-refractivity contribution in [3.8, 4) is 0 Å². The van der Waals surface area contributed by atoms with E-state index >= 15 is 0 Å². The predicted molar refractivity (Wildman–Crippen MR) is 94.5 cm³/mol. The molecule has 0 amide bonds. The van der Waals surface area contributed by atoms with Crippen LogP contribution in [0.25, 0.3) is 0 Å². The summed E-state index contributed by atoms with van der Waals surface area (Å²) in [4.78, 5) is 0. The Morgan fingerprint density at radius 2 is 1.48 bits per heavy atom. The van der Waals surface area contributed by atoms with E-state index in [0.717, 1.165) is 13.1 Å². The Hall–Kier alpha value is -2.43. The summed E-state index contributed by atoms with van der Waals surface area (Å²) in [5.74, 6) is 0. The van der Waals surface area contributed by atoms with E-state index in [9.17, 15) is 0 Å². The molecule has 1 aromatic heterocycles. The van der Waals surface area contributed by atoms with E-state index in [-0.39, 0.29) is 0 Å². The van der Waals surface area contributed by atoms with Crippen molar-refractivity contribution in [2.24, 2.45) is 12.8 Å². The Morgan fingerprint density at radius 1 is 0.870 bits per heavy atom. The molecule has 3 rings (SSSR count). The highest BCUT2D eigenvalue weighted by molar-refractivity contribution is 5.14. The van der Waals surface area contributed by atoms with Gasteiger partial charge in [0.1, 0.15) is 0 Å². The summed E-state index contributed by atoms with van der Waals surface area (Å²) in [6.45, 7) is 2.39. The minimum Gasteiger partial charge on any atom is -0.326 e. The van der Waals surface area contributed by atoms with E-state index in [0.29, 0.717) is 6.54 Å². The predicted octanol–water partition coefficient (Wildman–Crippen LogP) is 2.86. The van der Waals surface area contributed by atoms with Crippen LogP contribution >= 0.6 is 0 Å². The van der Waals surface area contributed by atoms with E-state index in [1.807, 2.05) is 60.4 Å². The average Bonchev–Trinajstić information content (AvgIpc) is 3.02. The minimum atomic E-state index is 0.640. The molecule has 4 heteroatoms. The lowest BCUT2D eigenvalue weighted by atomic mass is 10.2. The molecule has 0 fully saturated rings. The first-order valence-corrected chi connectivity index (χ1v) is 7.75.